The summed E-state index contributed by atoms with van der Waals surface area (Å²) in [4.78, 5) is 15.2. The van der Waals surface area contributed by atoms with Crippen LogP contribution in [0.15, 0.2) is 78.9 Å². The Kier molecular flexibility index (Phi) is 10.8. The number of ether oxygens (including phenoxy) is 1. The van der Waals surface area contributed by atoms with E-state index in [1.54, 1.807) is 12.1 Å². The van der Waals surface area contributed by atoms with Crippen LogP contribution in [-0.4, -0.2) is 48.7 Å². The van der Waals surface area contributed by atoms with Gasteiger partial charge in [0.05, 0.1) is 18.3 Å². The highest BCUT2D eigenvalue weighted by Gasteiger charge is 2.32. The summed E-state index contributed by atoms with van der Waals surface area (Å²) in [6.07, 6.45) is -0.761. The van der Waals surface area contributed by atoms with E-state index in [4.69, 9.17) is 4.74 Å². The highest BCUT2D eigenvalue weighted by Crippen LogP contribution is 2.35. The monoisotopic (exact) mass is 568 g/mol. The molecule has 1 heterocycles. The highest BCUT2D eigenvalue weighted by molar-refractivity contribution is 5.94. The van der Waals surface area contributed by atoms with E-state index in [0.29, 0.717) is 17.9 Å². The summed E-state index contributed by atoms with van der Waals surface area (Å²) in [7, 11) is 0. The number of carbonyl (C=O) groups excluding carboxylic acids is 1. The molecule has 41 heavy (non-hydrogen) atoms. The van der Waals surface area contributed by atoms with E-state index in [1.807, 2.05) is 42.5 Å². The van der Waals surface area contributed by atoms with Gasteiger partial charge < -0.3 is 20.1 Å². The number of hydrogen-bond acceptors (Lipinski definition) is 4. The number of aliphatic hydroxyl groups is 1. The number of rotatable bonds is 12. The van der Waals surface area contributed by atoms with Crippen LogP contribution < -0.4 is 10.1 Å². The molecular weight excluding hydrogens is 529 g/mol. The molecule has 4 rings (SSSR count). The Balaban J connectivity index is 1.39. The Morgan fingerprint density at radius 3 is 2.39 bits per heavy atom. The Morgan fingerprint density at radius 2 is 1.73 bits per heavy atom. The van der Waals surface area contributed by atoms with Crippen LogP contribution in [0, 0.1) is 5.92 Å². The molecule has 1 saturated heterocycles. The van der Waals surface area contributed by atoms with Gasteiger partial charge in [0.15, 0.2) is 0 Å². The molecule has 1 aliphatic rings. The average molecular weight is 569 g/mol. The quantitative estimate of drug-likeness (QED) is 0.235. The van der Waals surface area contributed by atoms with Crippen molar-refractivity contribution in [2.45, 2.75) is 50.8 Å². The summed E-state index contributed by atoms with van der Waals surface area (Å²) in [5.74, 6) is 0.515. The number of hydrogen-bond donors (Lipinski definition) is 2. The van der Waals surface area contributed by atoms with Crippen molar-refractivity contribution < 1.29 is 27.8 Å². The van der Waals surface area contributed by atoms with Gasteiger partial charge in [-0.05, 0) is 79.4 Å². The summed E-state index contributed by atoms with van der Waals surface area (Å²) in [5.41, 5.74) is 1.68. The molecule has 1 aliphatic heterocycles. The van der Waals surface area contributed by atoms with Gasteiger partial charge in [-0.25, -0.2) is 0 Å². The second kappa shape index (κ2) is 14.5. The van der Waals surface area contributed by atoms with E-state index in [1.165, 1.54) is 18.6 Å². The molecule has 220 valence electrons. The zero-order valence-corrected chi connectivity index (χ0v) is 23.4. The zero-order chi connectivity index (χ0) is 29.2. The predicted octanol–water partition coefficient (Wildman–Crippen LogP) is 6.84. The number of unbranched alkanes of at least 4 members (excludes halogenated alkanes) is 2. The Hall–Kier alpha value is -3.36. The van der Waals surface area contributed by atoms with E-state index in [-0.39, 0.29) is 24.3 Å². The molecule has 0 spiro atoms. The first-order chi connectivity index (χ1) is 19.7. The minimum Gasteiger partial charge on any atom is -0.493 e. The van der Waals surface area contributed by atoms with E-state index < -0.39 is 17.8 Å². The Morgan fingerprint density at radius 1 is 1.02 bits per heavy atom. The van der Waals surface area contributed by atoms with Crippen LogP contribution in [0.4, 0.5) is 13.2 Å². The number of alkyl halides is 3. The van der Waals surface area contributed by atoms with Crippen LogP contribution in [-0.2, 0) is 6.18 Å². The summed E-state index contributed by atoms with van der Waals surface area (Å²) < 4.78 is 44.9. The maximum atomic E-state index is 13.0. The molecule has 3 atom stereocenters. The van der Waals surface area contributed by atoms with Crippen LogP contribution >= 0.6 is 0 Å². The first-order valence-electron chi connectivity index (χ1n) is 14.4. The Bertz CT molecular complexity index is 1220. The summed E-state index contributed by atoms with van der Waals surface area (Å²) in [6.45, 7) is 5.51. The van der Waals surface area contributed by atoms with Gasteiger partial charge in [0.25, 0.3) is 5.91 Å². The third-order valence-electron chi connectivity index (χ3n) is 7.78. The fraction of sp³-hybridized carbons (Fsp3) is 0.424. The minimum atomic E-state index is -4.38. The smallest absolute Gasteiger partial charge is 0.416 e. The van der Waals surface area contributed by atoms with Crippen molar-refractivity contribution in [3.8, 4) is 5.75 Å². The average Bonchev–Trinajstić information content (AvgIpc) is 2.99. The minimum absolute atomic E-state index is 0.116. The zero-order valence-electron chi connectivity index (χ0n) is 23.4. The lowest BCUT2D eigenvalue weighted by Crippen LogP contribution is -2.42. The van der Waals surface area contributed by atoms with Gasteiger partial charge in [-0.15, -0.1) is 0 Å². The van der Waals surface area contributed by atoms with E-state index >= 15 is 0 Å². The largest absolute Gasteiger partial charge is 0.493 e. The first-order valence-corrected chi connectivity index (χ1v) is 14.4. The summed E-state index contributed by atoms with van der Waals surface area (Å²) >= 11 is 0. The molecule has 0 aromatic heterocycles. The van der Waals surface area contributed by atoms with Crippen LogP contribution in [0.3, 0.4) is 0 Å². The van der Waals surface area contributed by atoms with Crippen molar-refractivity contribution >= 4 is 5.91 Å². The Labute approximate surface area is 240 Å². The van der Waals surface area contributed by atoms with Crippen molar-refractivity contribution in [2.75, 3.05) is 32.8 Å². The molecule has 3 unspecified atom stereocenters. The number of amides is 1. The lowest BCUT2D eigenvalue weighted by Gasteiger charge is -2.39. The van der Waals surface area contributed by atoms with Crippen LogP contribution in [0.25, 0.3) is 0 Å². The predicted molar refractivity (Wildman–Crippen MR) is 154 cm³/mol. The van der Waals surface area contributed by atoms with Crippen molar-refractivity contribution in [3.05, 3.63) is 101 Å². The van der Waals surface area contributed by atoms with E-state index in [0.717, 1.165) is 62.2 Å². The van der Waals surface area contributed by atoms with Gasteiger partial charge in [-0.1, -0.05) is 62.2 Å². The molecule has 8 heteroatoms. The van der Waals surface area contributed by atoms with Gasteiger partial charge in [0.2, 0.25) is 0 Å². The third kappa shape index (κ3) is 8.81. The van der Waals surface area contributed by atoms with Crippen molar-refractivity contribution in [2.24, 2.45) is 5.92 Å². The number of halogens is 3. The number of piperidine rings is 1. The maximum absolute atomic E-state index is 13.0. The maximum Gasteiger partial charge on any atom is 0.416 e. The number of likely N-dealkylation sites (tertiary alicyclic amines) is 1. The van der Waals surface area contributed by atoms with Crippen molar-refractivity contribution in [1.29, 1.82) is 0 Å². The van der Waals surface area contributed by atoms with Gasteiger partial charge in [-0.3, -0.25) is 4.79 Å². The van der Waals surface area contributed by atoms with Gasteiger partial charge >= 0.3 is 6.18 Å². The fourth-order valence-electron chi connectivity index (χ4n) is 5.41. The molecule has 0 bridgehead atoms. The number of carbonyl (C=O) groups is 1. The molecule has 0 aliphatic carbocycles. The van der Waals surface area contributed by atoms with Gasteiger partial charge in [-0.2, -0.15) is 13.2 Å². The number of nitrogens with one attached hydrogen (secondary N) is 1. The second-order valence-electron chi connectivity index (χ2n) is 10.8. The third-order valence-corrected chi connectivity index (χ3v) is 7.78. The summed E-state index contributed by atoms with van der Waals surface area (Å²) in [6, 6.07) is 21.6. The SMILES string of the molecule is CCCCCN1CCC(c2ccc(C(=O)NCC(O)c3ccccc3)cc2)C(COc2ccc(C(F)(F)F)cc2)C1. The molecule has 1 fully saturated rings. The lowest BCUT2D eigenvalue weighted by atomic mass is 9.80. The molecule has 2 N–H and O–H groups in total. The van der Waals surface area contributed by atoms with E-state index in [9.17, 15) is 23.1 Å². The molecule has 5 nitrogen and oxygen atoms in total. The van der Waals surface area contributed by atoms with E-state index in [2.05, 4.69) is 17.1 Å². The number of aliphatic hydroxyl groups excluding tert-OH is 1. The fourth-order valence-corrected chi connectivity index (χ4v) is 5.41. The number of benzene rings is 3. The molecule has 3 aromatic carbocycles. The molecule has 3 aromatic rings. The summed E-state index contributed by atoms with van der Waals surface area (Å²) in [5, 5.41) is 13.2. The molecular formula is C33H39F3N2O3. The highest BCUT2D eigenvalue weighted by atomic mass is 19.4. The topological polar surface area (TPSA) is 61.8 Å². The van der Waals surface area contributed by atoms with Crippen LogP contribution in [0.2, 0.25) is 0 Å². The molecule has 0 saturated carbocycles. The lowest BCUT2D eigenvalue weighted by molar-refractivity contribution is -0.137. The number of nitrogens with zero attached hydrogens (tertiary/aromatic N) is 1. The van der Waals surface area contributed by atoms with Gasteiger partial charge in [0.1, 0.15) is 5.75 Å². The first kappa shape index (κ1) is 30.6. The second-order valence-corrected chi connectivity index (χ2v) is 10.8. The standard InChI is InChI=1S/C33H39F3N2O3/c1-2-3-7-19-38-20-18-30(27(22-38)23-41-29-16-14-28(15-17-29)33(34,35)36)24-10-12-26(13-11-24)32(40)37-21-31(39)25-8-5-4-6-9-25/h4-6,8-17,27,30-31,39H,2-3,7,18-23H2,1H3,(H,37,40). The van der Waals surface area contributed by atoms with Gasteiger partial charge in [0, 0.05) is 24.6 Å². The van der Waals surface area contributed by atoms with Crippen molar-refractivity contribution in [3.63, 3.8) is 0 Å². The van der Waals surface area contributed by atoms with Crippen LogP contribution in [0.5, 0.6) is 5.75 Å². The molecule has 0 radical (unpaired) electrons. The molecule has 1 amide bonds. The van der Waals surface area contributed by atoms with Crippen molar-refractivity contribution in [1.82, 2.24) is 10.2 Å². The van der Waals surface area contributed by atoms with Crippen LogP contribution in [0.1, 0.15) is 71.7 Å². The normalized spacial score (nSPS) is 18.6.